The van der Waals surface area contributed by atoms with Crippen molar-refractivity contribution < 1.29 is 14.4 Å². The highest BCUT2D eigenvalue weighted by molar-refractivity contribution is 5.86. The summed E-state index contributed by atoms with van der Waals surface area (Å²) in [5, 5.41) is 4.34. The van der Waals surface area contributed by atoms with Crippen LogP contribution in [0.5, 0.6) is 0 Å². The standard InChI is InChI=1S/C17H33N3O.C3H6O2/c1-4-17(18-21-5-2)15-8-13-20(14-9-15)16-7-6-11-19(3)12-10-16;1-2-5-3-4/h15-16H,4-14H2,1-3H3;3H,2H2,1H3/b18-17+;. The fourth-order valence-corrected chi connectivity index (χ4v) is 3.83. The molecule has 2 rings (SSSR count). The minimum absolute atomic E-state index is 0.431. The molecule has 2 saturated heterocycles. The van der Waals surface area contributed by atoms with Gasteiger partial charge in [-0.2, -0.15) is 0 Å². The maximum Gasteiger partial charge on any atom is 0.293 e. The van der Waals surface area contributed by atoms with Crippen LogP contribution in [0.3, 0.4) is 0 Å². The number of carbonyl (C=O) groups excluding carboxylic acids is 1. The maximum atomic E-state index is 9.18. The Hall–Kier alpha value is -1.14. The van der Waals surface area contributed by atoms with Gasteiger partial charge in [-0.15, -0.1) is 0 Å². The van der Waals surface area contributed by atoms with E-state index in [1.54, 1.807) is 6.92 Å². The average Bonchev–Trinajstić information content (AvgIpc) is 2.89. The lowest BCUT2D eigenvalue weighted by Crippen LogP contribution is -2.43. The Labute approximate surface area is 159 Å². The minimum atomic E-state index is 0.431. The third-order valence-corrected chi connectivity index (χ3v) is 5.35. The van der Waals surface area contributed by atoms with Gasteiger partial charge in [-0.05, 0) is 85.6 Å². The van der Waals surface area contributed by atoms with Crippen molar-refractivity contribution in [3.63, 3.8) is 0 Å². The summed E-state index contributed by atoms with van der Waals surface area (Å²) in [4.78, 5) is 19.7. The Morgan fingerprint density at radius 1 is 1.04 bits per heavy atom. The van der Waals surface area contributed by atoms with Crippen LogP contribution in [0, 0.1) is 5.92 Å². The molecule has 6 heteroatoms. The summed E-state index contributed by atoms with van der Waals surface area (Å²) < 4.78 is 4.15. The molecule has 0 spiro atoms. The Bertz CT molecular complexity index is 396. The van der Waals surface area contributed by atoms with Gasteiger partial charge in [0.25, 0.3) is 6.47 Å². The molecule has 0 radical (unpaired) electrons. The second-order valence-electron chi connectivity index (χ2n) is 7.10. The maximum absolute atomic E-state index is 9.18. The largest absolute Gasteiger partial charge is 0.468 e. The van der Waals surface area contributed by atoms with E-state index >= 15 is 0 Å². The number of nitrogens with zero attached hydrogens (tertiary/aromatic N) is 3. The van der Waals surface area contributed by atoms with E-state index in [2.05, 4.69) is 33.7 Å². The average molecular weight is 370 g/mol. The zero-order chi connectivity index (χ0) is 19.2. The van der Waals surface area contributed by atoms with Gasteiger partial charge >= 0.3 is 0 Å². The topological polar surface area (TPSA) is 54.4 Å². The molecule has 1 unspecified atom stereocenters. The molecule has 0 aromatic heterocycles. The van der Waals surface area contributed by atoms with E-state index in [0.717, 1.165) is 12.5 Å². The highest BCUT2D eigenvalue weighted by Gasteiger charge is 2.28. The SMILES string of the molecule is CCO/N=C(\CC)C1CCN(C2CCCN(C)CC2)CC1.CCOC=O. The van der Waals surface area contributed by atoms with E-state index in [9.17, 15) is 4.79 Å². The highest BCUT2D eigenvalue weighted by atomic mass is 16.6. The van der Waals surface area contributed by atoms with E-state index in [4.69, 9.17) is 4.84 Å². The third kappa shape index (κ3) is 8.49. The van der Waals surface area contributed by atoms with Crippen molar-refractivity contribution in [3.8, 4) is 0 Å². The van der Waals surface area contributed by atoms with Crippen molar-refractivity contribution in [2.24, 2.45) is 11.1 Å². The van der Waals surface area contributed by atoms with Crippen molar-refractivity contribution in [1.82, 2.24) is 9.80 Å². The van der Waals surface area contributed by atoms with Gasteiger partial charge in [-0.3, -0.25) is 4.79 Å². The van der Waals surface area contributed by atoms with Gasteiger partial charge in [0.2, 0.25) is 0 Å². The molecule has 2 aliphatic heterocycles. The zero-order valence-corrected chi connectivity index (χ0v) is 17.3. The molecule has 0 amide bonds. The van der Waals surface area contributed by atoms with Crippen LogP contribution in [0.15, 0.2) is 5.16 Å². The zero-order valence-electron chi connectivity index (χ0n) is 17.3. The number of carbonyl (C=O) groups is 1. The molecule has 2 heterocycles. The van der Waals surface area contributed by atoms with Crippen molar-refractivity contribution in [2.75, 3.05) is 46.4 Å². The minimum Gasteiger partial charge on any atom is -0.468 e. The molecular weight excluding hydrogens is 330 g/mol. The van der Waals surface area contributed by atoms with Crippen LogP contribution >= 0.6 is 0 Å². The van der Waals surface area contributed by atoms with E-state index in [1.807, 2.05) is 6.92 Å². The monoisotopic (exact) mass is 369 g/mol. The summed E-state index contributed by atoms with van der Waals surface area (Å²) in [7, 11) is 2.26. The smallest absolute Gasteiger partial charge is 0.293 e. The molecule has 2 aliphatic rings. The number of likely N-dealkylation sites (tertiary alicyclic amines) is 2. The van der Waals surface area contributed by atoms with Gasteiger partial charge in [-0.25, -0.2) is 0 Å². The molecule has 0 bridgehead atoms. The first-order valence-corrected chi connectivity index (χ1v) is 10.3. The fraction of sp³-hybridized carbons (Fsp3) is 0.900. The van der Waals surface area contributed by atoms with Crippen LogP contribution < -0.4 is 0 Å². The third-order valence-electron chi connectivity index (χ3n) is 5.35. The van der Waals surface area contributed by atoms with Crippen molar-refractivity contribution in [1.29, 1.82) is 0 Å². The van der Waals surface area contributed by atoms with Crippen molar-refractivity contribution in [2.45, 2.75) is 65.3 Å². The van der Waals surface area contributed by atoms with E-state index in [-0.39, 0.29) is 0 Å². The first kappa shape index (κ1) is 22.9. The van der Waals surface area contributed by atoms with Gasteiger partial charge in [0.15, 0.2) is 0 Å². The molecule has 26 heavy (non-hydrogen) atoms. The molecule has 0 aliphatic carbocycles. The van der Waals surface area contributed by atoms with Gasteiger partial charge in [-0.1, -0.05) is 12.1 Å². The second-order valence-corrected chi connectivity index (χ2v) is 7.10. The number of hydrogen-bond acceptors (Lipinski definition) is 6. The van der Waals surface area contributed by atoms with Crippen LogP contribution in [0.1, 0.15) is 59.3 Å². The van der Waals surface area contributed by atoms with Crippen molar-refractivity contribution >= 4 is 12.2 Å². The Kier molecular flexibility index (Phi) is 12.3. The van der Waals surface area contributed by atoms with Crippen LogP contribution in [-0.4, -0.2) is 74.5 Å². The van der Waals surface area contributed by atoms with Crippen LogP contribution in [0.2, 0.25) is 0 Å². The van der Waals surface area contributed by atoms with Gasteiger partial charge in [0.1, 0.15) is 6.61 Å². The molecule has 0 N–H and O–H groups in total. The summed E-state index contributed by atoms with van der Waals surface area (Å²) in [6.07, 6.45) is 7.61. The first-order valence-electron chi connectivity index (χ1n) is 10.3. The van der Waals surface area contributed by atoms with E-state index in [0.29, 0.717) is 25.6 Å². The first-order chi connectivity index (χ1) is 12.7. The molecule has 0 aromatic rings. The predicted molar refractivity (Wildman–Crippen MR) is 106 cm³/mol. The lowest BCUT2D eigenvalue weighted by Gasteiger charge is -2.37. The number of hydrogen-bond donors (Lipinski definition) is 0. The second kappa shape index (κ2) is 14.0. The predicted octanol–water partition coefficient (Wildman–Crippen LogP) is 3.16. The molecule has 0 aromatic carbocycles. The lowest BCUT2D eigenvalue weighted by atomic mass is 9.89. The van der Waals surface area contributed by atoms with Crippen LogP contribution in [0.25, 0.3) is 0 Å². The summed E-state index contributed by atoms with van der Waals surface area (Å²) in [5.74, 6) is 0.645. The quantitative estimate of drug-likeness (QED) is 0.392. The summed E-state index contributed by atoms with van der Waals surface area (Å²) in [6, 6.07) is 0.810. The molecule has 0 saturated carbocycles. The molecule has 2 fully saturated rings. The molecular formula is C20H39N3O3. The lowest BCUT2D eigenvalue weighted by molar-refractivity contribution is -0.128. The fourth-order valence-electron chi connectivity index (χ4n) is 3.83. The number of rotatable bonds is 7. The van der Waals surface area contributed by atoms with Crippen LogP contribution in [0.4, 0.5) is 0 Å². The van der Waals surface area contributed by atoms with Crippen molar-refractivity contribution in [3.05, 3.63) is 0 Å². The number of ether oxygens (including phenoxy) is 1. The molecule has 6 nitrogen and oxygen atoms in total. The van der Waals surface area contributed by atoms with Gasteiger partial charge in [0.05, 0.1) is 12.3 Å². The number of piperidine rings is 1. The Morgan fingerprint density at radius 2 is 1.77 bits per heavy atom. The van der Waals surface area contributed by atoms with E-state index in [1.165, 1.54) is 64.0 Å². The van der Waals surface area contributed by atoms with Gasteiger partial charge < -0.3 is 19.4 Å². The Morgan fingerprint density at radius 3 is 2.31 bits per heavy atom. The van der Waals surface area contributed by atoms with Crippen LogP contribution in [-0.2, 0) is 14.4 Å². The summed E-state index contributed by atoms with van der Waals surface area (Å²) in [5.41, 5.74) is 1.28. The Balaban J connectivity index is 0.000000597. The van der Waals surface area contributed by atoms with Gasteiger partial charge in [0, 0.05) is 12.0 Å². The highest BCUT2D eigenvalue weighted by Crippen LogP contribution is 2.25. The number of oxime groups is 1. The molecule has 152 valence electrons. The summed E-state index contributed by atoms with van der Waals surface area (Å²) >= 11 is 0. The summed E-state index contributed by atoms with van der Waals surface area (Å²) in [6.45, 7) is 12.6. The normalized spacial score (nSPS) is 23.5. The molecule has 1 atom stereocenters. The van der Waals surface area contributed by atoms with E-state index < -0.39 is 0 Å².